The van der Waals surface area contributed by atoms with Crippen molar-refractivity contribution in [2.45, 2.75) is 18.9 Å². The van der Waals surface area contributed by atoms with E-state index in [0.29, 0.717) is 12.8 Å². The first-order valence-electron chi connectivity index (χ1n) is 5.87. The van der Waals surface area contributed by atoms with Crippen molar-refractivity contribution < 1.29 is 19.5 Å². The Labute approximate surface area is 105 Å². The maximum absolute atomic E-state index is 11.6. The zero-order valence-electron chi connectivity index (χ0n) is 9.91. The Bertz CT molecular complexity index is 430. The van der Waals surface area contributed by atoms with Crippen molar-refractivity contribution >= 4 is 11.7 Å². The first-order valence-corrected chi connectivity index (χ1v) is 5.87. The summed E-state index contributed by atoms with van der Waals surface area (Å²) in [5.74, 6) is -0.432. The van der Waals surface area contributed by atoms with Gasteiger partial charge in [0.05, 0.1) is 12.3 Å². The molecule has 0 saturated heterocycles. The van der Waals surface area contributed by atoms with Crippen LogP contribution in [0.2, 0.25) is 0 Å². The summed E-state index contributed by atoms with van der Waals surface area (Å²) in [6, 6.07) is 9.57. The molecule has 0 bridgehead atoms. The number of carbonyl (C=O) groups is 1. The Morgan fingerprint density at radius 1 is 1.44 bits per heavy atom. The number of ether oxygens (including phenoxy) is 1. The number of oxime groups is 1. The van der Waals surface area contributed by atoms with E-state index in [1.165, 1.54) is 0 Å². The average Bonchev–Trinajstić information content (AvgIpc) is 2.89. The Kier molecular flexibility index (Phi) is 4.30. The molecular weight excluding hydrogens is 234 g/mol. The van der Waals surface area contributed by atoms with Gasteiger partial charge in [0.1, 0.15) is 0 Å². The predicted octanol–water partition coefficient (Wildman–Crippen LogP) is 1.11. The first-order chi connectivity index (χ1) is 8.81. The molecule has 5 heteroatoms. The van der Waals surface area contributed by atoms with Gasteiger partial charge in [-0.1, -0.05) is 35.5 Å². The van der Waals surface area contributed by atoms with Gasteiger partial charge >= 0.3 is 5.97 Å². The fourth-order valence-corrected chi connectivity index (χ4v) is 1.64. The molecule has 0 saturated carbocycles. The number of aliphatic hydroxyl groups is 1. The molecule has 0 aliphatic carbocycles. The lowest BCUT2D eigenvalue weighted by Crippen LogP contribution is -2.24. The second kappa shape index (κ2) is 6.16. The van der Waals surface area contributed by atoms with Gasteiger partial charge in [-0.2, -0.15) is 0 Å². The predicted molar refractivity (Wildman–Crippen MR) is 65.1 cm³/mol. The van der Waals surface area contributed by atoms with E-state index in [0.717, 1.165) is 11.3 Å². The molecule has 1 heterocycles. The van der Waals surface area contributed by atoms with Gasteiger partial charge in [-0.05, 0) is 5.56 Å². The third-order valence-corrected chi connectivity index (χ3v) is 2.59. The topological polar surface area (TPSA) is 68.1 Å². The highest BCUT2D eigenvalue weighted by Gasteiger charge is 2.29. The minimum Gasteiger partial charge on any atom is -0.463 e. The molecule has 0 amide bonds. The molecule has 0 radical (unpaired) electrons. The molecule has 1 unspecified atom stereocenters. The van der Waals surface area contributed by atoms with Gasteiger partial charge in [-0.25, -0.2) is 4.79 Å². The summed E-state index contributed by atoms with van der Waals surface area (Å²) in [6.07, 6.45) is 0.186. The monoisotopic (exact) mass is 249 g/mol. The van der Waals surface area contributed by atoms with Crippen molar-refractivity contribution in [2.75, 3.05) is 13.2 Å². The van der Waals surface area contributed by atoms with Crippen LogP contribution < -0.4 is 0 Å². The highest BCUT2D eigenvalue weighted by molar-refractivity contribution is 6.03. The van der Waals surface area contributed by atoms with E-state index in [1.54, 1.807) is 0 Å². The summed E-state index contributed by atoms with van der Waals surface area (Å²) < 4.78 is 4.95. The molecule has 5 nitrogen and oxygen atoms in total. The fourth-order valence-electron chi connectivity index (χ4n) is 1.64. The van der Waals surface area contributed by atoms with Crippen molar-refractivity contribution in [1.29, 1.82) is 0 Å². The van der Waals surface area contributed by atoms with Gasteiger partial charge in [0.2, 0.25) is 6.10 Å². The Hall–Kier alpha value is -1.88. The molecule has 2 rings (SSSR count). The number of benzene rings is 1. The second-order valence-electron chi connectivity index (χ2n) is 3.95. The van der Waals surface area contributed by atoms with E-state index in [4.69, 9.17) is 14.7 Å². The smallest absolute Gasteiger partial charge is 0.350 e. The number of carbonyl (C=O) groups excluding carboxylic acids is 1. The summed E-state index contributed by atoms with van der Waals surface area (Å²) in [6.45, 7) is 0.209. The summed E-state index contributed by atoms with van der Waals surface area (Å²) in [4.78, 5) is 16.7. The Morgan fingerprint density at radius 2 is 2.22 bits per heavy atom. The average molecular weight is 249 g/mol. The molecule has 96 valence electrons. The SMILES string of the molecule is O=C(OCCCO)C1CC(c2ccccc2)=NO1. The summed E-state index contributed by atoms with van der Waals surface area (Å²) in [5, 5.41) is 12.5. The summed E-state index contributed by atoms with van der Waals surface area (Å²) in [5.41, 5.74) is 1.70. The number of nitrogens with zero attached hydrogens (tertiary/aromatic N) is 1. The van der Waals surface area contributed by atoms with Crippen LogP contribution in [0.4, 0.5) is 0 Å². The van der Waals surface area contributed by atoms with E-state index in [9.17, 15) is 4.79 Å². The number of hydrogen-bond acceptors (Lipinski definition) is 5. The van der Waals surface area contributed by atoms with Crippen LogP contribution in [0, 0.1) is 0 Å². The van der Waals surface area contributed by atoms with Crippen molar-refractivity contribution in [2.24, 2.45) is 5.16 Å². The highest BCUT2D eigenvalue weighted by Crippen LogP contribution is 2.17. The van der Waals surface area contributed by atoms with E-state index in [-0.39, 0.29) is 13.2 Å². The molecule has 18 heavy (non-hydrogen) atoms. The first kappa shape index (κ1) is 12.6. The quantitative estimate of drug-likeness (QED) is 0.627. The minimum atomic E-state index is -0.668. The Balaban J connectivity index is 1.86. The van der Waals surface area contributed by atoms with Crippen LogP contribution in [0.5, 0.6) is 0 Å². The maximum atomic E-state index is 11.6. The minimum absolute atomic E-state index is 0.00453. The fraction of sp³-hybridized carbons (Fsp3) is 0.385. The van der Waals surface area contributed by atoms with Crippen LogP contribution in [-0.2, 0) is 14.4 Å². The molecule has 1 N–H and O–H groups in total. The molecule has 1 aromatic carbocycles. The molecule has 1 atom stereocenters. The van der Waals surface area contributed by atoms with E-state index in [2.05, 4.69) is 5.16 Å². The lowest BCUT2D eigenvalue weighted by molar-refractivity contribution is -0.155. The van der Waals surface area contributed by atoms with Gasteiger partial charge < -0.3 is 14.7 Å². The van der Waals surface area contributed by atoms with Crippen molar-refractivity contribution in [3.8, 4) is 0 Å². The maximum Gasteiger partial charge on any atom is 0.350 e. The van der Waals surface area contributed by atoms with Crippen LogP contribution in [0.15, 0.2) is 35.5 Å². The normalized spacial score (nSPS) is 18.1. The van der Waals surface area contributed by atoms with Crippen LogP contribution >= 0.6 is 0 Å². The number of aliphatic hydroxyl groups excluding tert-OH is 1. The van der Waals surface area contributed by atoms with E-state index >= 15 is 0 Å². The van der Waals surface area contributed by atoms with Gasteiger partial charge in [0.25, 0.3) is 0 Å². The third kappa shape index (κ3) is 3.07. The third-order valence-electron chi connectivity index (χ3n) is 2.59. The lowest BCUT2D eigenvalue weighted by atomic mass is 10.1. The zero-order valence-corrected chi connectivity index (χ0v) is 9.91. The Morgan fingerprint density at radius 3 is 2.94 bits per heavy atom. The lowest BCUT2D eigenvalue weighted by Gasteiger charge is -2.07. The largest absolute Gasteiger partial charge is 0.463 e. The molecule has 0 spiro atoms. The van der Waals surface area contributed by atoms with Gasteiger partial charge in [-0.3, -0.25) is 0 Å². The van der Waals surface area contributed by atoms with Crippen LogP contribution in [-0.4, -0.2) is 36.1 Å². The molecular formula is C13H15NO4. The number of hydrogen-bond donors (Lipinski definition) is 1. The van der Waals surface area contributed by atoms with Crippen LogP contribution in [0.3, 0.4) is 0 Å². The van der Waals surface area contributed by atoms with Gasteiger partial charge in [-0.15, -0.1) is 0 Å². The molecule has 1 aromatic rings. The van der Waals surface area contributed by atoms with Gasteiger partial charge in [0.15, 0.2) is 0 Å². The molecule has 0 fully saturated rings. The van der Waals surface area contributed by atoms with E-state index in [1.807, 2.05) is 30.3 Å². The van der Waals surface area contributed by atoms with Crippen molar-refractivity contribution in [1.82, 2.24) is 0 Å². The van der Waals surface area contributed by atoms with Crippen LogP contribution in [0.1, 0.15) is 18.4 Å². The highest BCUT2D eigenvalue weighted by atomic mass is 16.7. The molecule has 1 aliphatic rings. The van der Waals surface area contributed by atoms with E-state index < -0.39 is 12.1 Å². The van der Waals surface area contributed by atoms with Crippen LogP contribution in [0.25, 0.3) is 0 Å². The molecule has 0 aromatic heterocycles. The summed E-state index contributed by atoms with van der Waals surface area (Å²) in [7, 11) is 0. The molecule has 1 aliphatic heterocycles. The number of esters is 1. The second-order valence-corrected chi connectivity index (χ2v) is 3.95. The van der Waals surface area contributed by atoms with Crippen molar-refractivity contribution in [3.63, 3.8) is 0 Å². The zero-order chi connectivity index (χ0) is 12.8. The van der Waals surface area contributed by atoms with Crippen molar-refractivity contribution in [3.05, 3.63) is 35.9 Å². The van der Waals surface area contributed by atoms with Gasteiger partial charge in [0, 0.05) is 19.4 Å². The number of rotatable bonds is 5. The summed E-state index contributed by atoms with van der Waals surface area (Å²) >= 11 is 0. The standard InChI is InChI=1S/C13H15NO4/c15-7-4-8-17-13(16)12-9-11(14-18-12)10-5-2-1-3-6-10/h1-3,5-6,12,15H,4,7-9H2.